The van der Waals surface area contributed by atoms with Crippen molar-refractivity contribution in [2.45, 2.75) is 25.8 Å². The van der Waals surface area contributed by atoms with Crippen molar-refractivity contribution in [3.05, 3.63) is 60.2 Å². The maximum atomic E-state index is 13.2. The van der Waals surface area contributed by atoms with Crippen molar-refractivity contribution < 1.29 is 4.79 Å². The molecule has 1 fully saturated rings. The van der Waals surface area contributed by atoms with E-state index in [1.165, 1.54) is 11.3 Å². The molecular formula is C22H29Cl2N3O. The van der Waals surface area contributed by atoms with Crippen LogP contribution in [0, 0.1) is 5.92 Å². The van der Waals surface area contributed by atoms with Gasteiger partial charge in [-0.25, -0.2) is 0 Å². The molecule has 1 saturated heterocycles. The number of hydrogen-bond acceptors (Lipinski definition) is 3. The van der Waals surface area contributed by atoms with Crippen LogP contribution in [0.5, 0.6) is 0 Å². The van der Waals surface area contributed by atoms with E-state index < -0.39 is 0 Å². The van der Waals surface area contributed by atoms with Crippen LogP contribution in [0.15, 0.2) is 54.6 Å². The summed E-state index contributed by atoms with van der Waals surface area (Å²) in [4.78, 5) is 17.7. The topological polar surface area (TPSA) is 35.6 Å². The Bertz CT molecular complexity index is 750. The highest BCUT2D eigenvalue weighted by atomic mass is 35.5. The molecule has 1 unspecified atom stereocenters. The molecule has 6 heteroatoms. The maximum Gasteiger partial charge on any atom is 0.231 e. The highest BCUT2D eigenvalue weighted by molar-refractivity contribution is 5.98. The second-order valence-corrected chi connectivity index (χ2v) is 7.28. The van der Waals surface area contributed by atoms with E-state index in [0.717, 1.165) is 57.7 Å². The smallest absolute Gasteiger partial charge is 0.231 e. The van der Waals surface area contributed by atoms with Crippen LogP contribution in [0.2, 0.25) is 0 Å². The molecule has 152 valence electrons. The summed E-state index contributed by atoms with van der Waals surface area (Å²) in [7, 11) is 0. The second-order valence-electron chi connectivity index (χ2n) is 7.28. The largest absolute Gasteiger partial charge is 0.365 e. The zero-order valence-electron chi connectivity index (χ0n) is 16.0. The Labute approximate surface area is 180 Å². The van der Waals surface area contributed by atoms with Crippen LogP contribution in [0.3, 0.4) is 0 Å². The van der Waals surface area contributed by atoms with Crippen molar-refractivity contribution in [1.82, 2.24) is 5.32 Å². The molecule has 0 aliphatic carbocycles. The average Bonchev–Trinajstić information content (AvgIpc) is 2.89. The van der Waals surface area contributed by atoms with E-state index in [0.29, 0.717) is 0 Å². The van der Waals surface area contributed by atoms with Gasteiger partial charge in [-0.3, -0.25) is 4.79 Å². The lowest BCUT2D eigenvalue weighted by molar-refractivity contribution is -0.122. The van der Waals surface area contributed by atoms with E-state index in [1.807, 2.05) is 11.0 Å². The molecule has 1 N–H and O–H groups in total. The third kappa shape index (κ3) is 4.99. The summed E-state index contributed by atoms with van der Waals surface area (Å²) >= 11 is 0. The Kier molecular flexibility index (Phi) is 8.61. The third-order valence-corrected chi connectivity index (χ3v) is 5.45. The van der Waals surface area contributed by atoms with Gasteiger partial charge in [-0.15, -0.1) is 24.8 Å². The fraction of sp³-hybridized carbons (Fsp3) is 0.409. The van der Waals surface area contributed by atoms with Gasteiger partial charge in [0, 0.05) is 26.2 Å². The number of nitrogens with one attached hydrogen (secondary N) is 1. The van der Waals surface area contributed by atoms with Gasteiger partial charge in [-0.1, -0.05) is 42.5 Å². The molecule has 2 aliphatic heterocycles. The molecule has 0 spiro atoms. The number of anilines is 2. The molecule has 2 aromatic carbocycles. The summed E-state index contributed by atoms with van der Waals surface area (Å²) in [5.74, 6) is 0.392. The molecule has 0 saturated carbocycles. The van der Waals surface area contributed by atoms with Crippen LogP contribution in [0.1, 0.15) is 24.8 Å². The van der Waals surface area contributed by atoms with Crippen molar-refractivity contribution in [3.63, 3.8) is 0 Å². The number of carbonyl (C=O) groups is 1. The molecule has 2 heterocycles. The van der Waals surface area contributed by atoms with Gasteiger partial charge in [0.15, 0.2) is 0 Å². The first-order valence-electron chi connectivity index (χ1n) is 9.73. The minimum absolute atomic E-state index is 0. The number of hydrogen-bond donors (Lipinski definition) is 1. The number of para-hydroxylation sites is 2. The highest BCUT2D eigenvalue weighted by Crippen LogP contribution is 2.34. The first-order chi connectivity index (χ1) is 12.8. The number of nitrogens with zero attached hydrogens (tertiary/aromatic N) is 2. The van der Waals surface area contributed by atoms with Gasteiger partial charge in [-0.05, 0) is 43.5 Å². The SMILES string of the molecule is Cl.Cl.O=C(C1CCCNC1)N1CCCN(Cc2ccccc2)c2ccccc21. The molecule has 28 heavy (non-hydrogen) atoms. The quantitative estimate of drug-likeness (QED) is 0.803. The third-order valence-electron chi connectivity index (χ3n) is 5.45. The number of fused-ring (bicyclic) bond motifs is 1. The number of rotatable bonds is 3. The molecule has 2 aliphatic rings. The fourth-order valence-electron chi connectivity index (χ4n) is 4.10. The average molecular weight is 422 g/mol. The summed E-state index contributed by atoms with van der Waals surface area (Å²) in [6.45, 7) is 4.50. The molecule has 4 rings (SSSR count). The van der Waals surface area contributed by atoms with E-state index in [2.05, 4.69) is 58.7 Å². The Morgan fingerprint density at radius 3 is 2.36 bits per heavy atom. The van der Waals surface area contributed by atoms with Gasteiger partial charge in [0.25, 0.3) is 0 Å². The van der Waals surface area contributed by atoms with E-state index in [9.17, 15) is 4.79 Å². The van der Waals surface area contributed by atoms with Gasteiger partial charge in [0.1, 0.15) is 0 Å². The predicted molar refractivity (Wildman–Crippen MR) is 121 cm³/mol. The highest BCUT2D eigenvalue weighted by Gasteiger charge is 2.30. The number of carbonyl (C=O) groups excluding carboxylic acids is 1. The minimum atomic E-state index is 0. The van der Waals surface area contributed by atoms with Crippen LogP contribution in [0.25, 0.3) is 0 Å². The van der Waals surface area contributed by atoms with Gasteiger partial charge in [0.05, 0.1) is 17.3 Å². The maximum absolute atomic E-state index is 13.2. The van der Waals surface area contributed by atoms with Gasteiger partial charge >= 0.3 is 0 Å². The molecule has 0 aromatic heterocycles. The lowest BCUT2D eigenvalue weighted by atomic mass is 9.97. The van der Waals surface area contributed by atoms with Crippen molar-refractivity contribution in [2.24, 2.45) is 5.92 Å². The summed E-state index contributed by atoms with van der Waals surface area (Å²) < 4.78 is 0. The molecular weight excluding hydrogens is 393 g/mol. The number of amides is 1. The molecule has 1 amide bonds. The van der Waals surface area contributed by atoms with E-state index in [4.69, 9.17) is 0 Å². The van der Waals surface area contributed by atoms with Crippen LogP contribution < -0.4 is 15.1 Å². The Morgan fingerprint density at radius 2 is 1.64 bits per heavy atom. The first kappa shape index (κ1) is 22.5. The summed E-state index contributed by atoms with van der Waals surface area (Å²) in [6, 6.07) is 19.0. The van der Waals surface area contributed by atoms with Crippen LogP contribution in [0.4, 0.5) is 11.4 Å². The van der Waals surface area contributed by atoms with Crippen LogP contribution in [-0.2, 0) is 11.3 Å². The van der Waals surface area contributed by atoms with Crippen molar-refractivity contribution in [1.29, 1.82) is 0 Å². The lowest BCUT2D eigenvalue weighted by Gasteiger charge is -2.30. The summed E-state index contributed by atoms with van der Waals surface area (Å²) in [6.07, 6.45) is 3.08. The molecule has 1 atom stereocenters. The van der Waals surface area contributed by atoms with Crippen molar-refractivity contribution >= 4 is 42.1 Å². The van der Waals surface area contributed by atoms with Crippen molar-refractivity contribution in [3.8, 4) is 0 Å². The second kappa shape index (κ2) is 10.7. The number of piperidine rings is 1. The minimum Gasteiger partial charge on any atom is -0.365 e. The summed E-state index contributed by atoms with van der Waals surface area (Å²) in [5, 5.41) is 3.38. The predicted octanol–water partition coefficient (Wildman–Crippen LogP) is 4.27. The van der Waals surface area contributed by atoms with Crippen LogP contribution >= 0.6 is 24.8 Å². The summed E-state index contributed by atoms with van der Waals surface area (Å²) in [5.41, 5.74) is 3.54. The van der Waals surface area contributed by atoms with Crippen molar-refractivity contribution in [2.75, 3.05) is 36.0 Å². The molecule has 0 radical (unpaired) electrons. The molecule has 2 aromatic rings. The van der Waals surface area contributed by atoms with Gasteiger partial charge in [-0.2, -0.15) is 0 Å². The lowest BCUT2D eigenvalue weighted by Crippen LogP contribution is -2.43. The normalized spacial score (nSPS) is 18.9. The number of benzene rings is 2. The fourth-order valence-corrected chi connectivity index (χ4v) is 4.10. The number of halogens is 2. The van der Waals surface area contributed by atoms with E-state index >= 15 is 0 Å². The monoisotopic (exact) mass is 421 g/mol. The van der Waals surface area contributed by atoms with Crippen LogP contribution in [-0.4, -0.2) is 32.1 Å². The van der Waals surface area contributed by atoms with Gasteiger partial charge in [0.2, 0.25) is 5.91 Å². The zero-order valence-corrected chi connectivity index (χ0v) is 17.7. The van der Waals surface area contributed by atoms with E-state index in [1.54, 1.807) is 0 Å². The zero-order chi connectivity index (χ0) is 17.8. The first-order valence-corrected chi connectivity index (χ1v) is 9.73. The molecule has 4 nitrogen and oxygen atoms in total. The Hall–Kier alpha value is -1.75. The molecule has 0 bridgehead atoms. The Morgan fingerprint density at radius 1 is 0.929 bits per heavy atom. The van der Waals surface area contributed by atoms with E-state index in [-0.39, 0.29) is 36.6 Å². The standard InChI is InChI=1S/C22H27N3O.2ClH/c26-22(19-10-6-13-23-16-19)25-15-7-14-24(17-18-8-2-1-3-9-18)20-11-4-5-12-21(20)25;;/h1-5,8-9,11-12,19,23H,6-7,10,13-17H2;2*1H. The Balaban J connectivity index is 0.00000140. The van der Waals surface area contributed by atoms with Gasteiger partial charge < -0.3 is 15.1 Å².